The molecule has 0 aliphatic carbocycles. The second kappa shape index (κ2) is 9.19. The number of hydrogen-bond donors (Lipinski definition) is 1. The molecule has 170 valence electrons. The molecule has 33 heavy (non-hydrogen) atoms. The van der Waals surface area contributed by atoms with Crippen molar-refractivity contribution in [2.45, 2.75) is 38.3 Å². The van der Waals surface area contributed by atoms with Crippen LogP contribution in [0.3, 0.4) is 0 Å². The molecule has 0 bridgehead atoms. The van der Waals surface area contributed by atoms with Crippen LogP contribution in [0.5, 0.6) is 0 Å². The molecule has 2 aromatic carbocycles. The number of hydrogen-bond acceptors (Lipinski definition) is 5. The maximum absolute atomic E-state index is 13.4. The number of aryl methyl sites for hydroxylation is 1. The molecule has 0 saturated carbocycles. The van der Waals surface area contributed by atoms with Crippen LogP contribution in [0.4, 0.5) is 10.2 Å². The molecular weight excluding hydrogens is 439 g/mol. The Hall–Kier alpha value is -3.46. The highest BCUT2D eigenvalue weighted by atomic mass is 32.2. The summed E-state index contributed by atoms with van der Waals surface area (Å²) >= 11 is 1.29. The molecule has 2 heterocycles. The summed E-state index contributed by atoms with van der Waals surface area (Å²) in [5.74, 6) is 0.130. The second-order valence-corrected chi connectivity index (χ2v) is 9.65. The number of anilines is 1. The van der Waals surface area contributed by atoms with Gasteiger partial charge in [0.15, 0.2) is 5.16 Å². The fraction of sp³-hybridized carbons (Fsp3) is 0.250. The average Bonchev–Trinajstić information content (AvgIpc) is 3.41. The van der Waals surface area contributed by atoms with Gasteiger partial charge in [-0.1, -0.05) is 50.2 Å². The van der Waals surface area contributed by atoms with Gasteiger partial charge in [0.05, 0.1) is 17.1 Å². The van der Waals surface area contributed by atoms with Gasteiger partial charge in [-0.25, -0.2) is 9.07 Å². The quantitative estimate of drug-likeness (QED) is 0.410. The molecule has 0 fully saturated rings. The Balaban J connectivity index is 1.51. The van der Waals surface area contributed by atoms with E-state index in [1.54, 1.807) is 23.1 Å². The van der Waals surface area contributed by atoms with E-state index in [-0.39, 0.29) is 22.9 Å². The summed E-state index contributed by atoms with van der Waals surface area (Å²) in [5.41, 5.74) is 3.35. The summed E-state index contributed by atoms with van der Waals surface area (Å²) in [6, 6.07) is 15.8. The molecule has 0 radical (unpaired) electrons. The minimum atomic E-state index is -0.332. The van der Waals surface area contributed by atoms with Gasteiger partial charge < -0.3 is 5.32 Å². The predicted octanol–water partition coefficient (Wildman–Crippen LogP) is 4.93. The van der Waals surface area contributed by atoms with E-state index in [9.17, 15) is 9.18 Å². The zero-order chi connectivity index (χ0) is 23.6. The van der Waals surface area contributed by atoms with Gasteiger partial charge in [-0.2, -0.15) is 5.10 Å². The Labute approximate surface area is 196 Å². The number of amides is 1. The van der Waals surface area contributed by atoms with Crippen molar-refractivity contribution in [2.75, 3.05) is 11.1 Å². The summed E-state index contributed by atoms with van der Waals surface area (Å²) in [4.78, 5) is 12.8. The van der Waals surface area contributed by atoms with E-state index in [4.69, 9.17) is 0 Å². The van der Waals surface area contributed by atoms with Crippen molar-refractivity contribution in [3.05, 3.63) is 78.0 Å². The molecule has 9 heteroatoms. The third-order valence-electron chi connectivity index (χ3n) is 4.98. The van der Waals surface area contributed by atoms with E-state index in [2.05, 4.69) is 20.6 Å². The smallest absolute Gasteiger partial charge is 0.236 e. The molecular formula is C24H25FN6OS. The highest BCUT2D eigenvalue weighted by Gasteiger charge is 2.22. The minimum absolute atomic E-state index is 0.143. The summed E-state index contributed by atoms with van der Waals surface area (Å²) in [6.45, 7) is 8.16. The second-order valence-electron chi connectivity index (χ2n) is 8.71. The Morgan fingerprint density at radius 3 is 2.39 bits per heavy atom. The molecule has 0 unspecified atom stereocenters. The van der Waals surface area contributed by atoms with Gasteiger partial charge in [0.2, 0.25) is 5.91 Å². The summed E-state index contributed by atoms with van der Waals surface area (Å²) in [6.07, 6.45) is 1.63. The fourth-order valence-corrected chi connectivity index (χ4v) is 3.86. The Morgan fingerprint density at radius 1 is 1.06 bits per heavy atom. The standard InChI is InChI=1S/C24H25FN6OS/c1-16-5-9-18(10-6-16)30-15-26-28-23(30)33-14-22(32)27-21-13-20(24(2,3)4)29-31(21)19-11-7-17(25)8-12-19/h5-13,15H,14H2,1-4H3,(H,27,32). The first-order valence-corrected chi connectivity index (χ1v) is 11.5. The van der Waals surface area contributed by atoms with Crippen LogP contribution in [0.25, 0.3) is 11.4 Å². The molecule has 0 saturated heterocycles. The van der Waals surface area contributed by atoms with Crippen LogP contribution < -0.4 is 5.32 Å². The monoisotopic (exact) mass is 464 g/mol. The normalized spacial score (nSPS) is 11.5. The van der Waals surface area contributed by atoms with E-state index in [1.165, 1.54) is 23.9 Å². The number of carbonyl (C=O) groups excluding carboxylic acids is 1. The molecule has 2 aromatic heterocycles. The predicted molar refractivity (Wildman–Crippen MR) is 128 cm³/mol. The lowest BCUT2D eigenvalue weighted by atomic mass is 9.92. The van der Waals surface area contributed by atoms with Gasteiger partial charge in [0, 0.05) is 17.2 Å². The van der Waals surface area contributed by atoms with Gasteiger partial charge in [0.1, 0.15) is 18.0 Å². The highest BCUT2D eigenvalue weighted by molar-refractivity contribution is 7.99. The first kappa shape index (κ1) is 22.7. The van der Waals surface area contributed by atoms with Crippen molar-refractivity contribution in [3.8, 4) is 11.4 Å². The SMILES string of the molecule is Cc1ccc(-n2cnnc2SCC(=O)Nc2cc(C(C)(C)C)nn2-c2ccc(F)cc2)cc1. The lowest BCUT2D eigenvalue weighted by molar-refractivity contribution is -0.113. The molecule has 1 amide bonds. The van der Waals surface area contributed by atoms with Crippen LogP contribution in [0.2, 0.25) is 0 Å². The van der Waals surface area contributed by atoms with Gasteiger partial charge in [-0.3, -0.25) is 9.36 Å². The van der Waals surface area contributed by atoms with Crippen LogP contribution in [0.1, 0.15) is 32.0 Å². The Kier molecular flexibility index (Phi) is 6.33. The van der Waals surface area contributed by atoms with Crippen molar-refractivity contribution >= 4 is 23.5 Å². The van der Waals surface area contributed by atoms with Crippen molar-refractivity contribution in [1.29, 1.82) is 0 Å². The van der Waals surface area contributed by atoms with Crippen LogP contribution in [-0.4, -0.2) is 36.2 Å². The van der Waals surface area contributed by atoms with Crippen molar-refractivity contribution in [2.24, 2.45) is 0 Å². The summed E-state index contributed by atoms with van der Waals surface area (Å²) in [7, 11) is 0. The van der Waals surface area contributed by atoms with Crippen LogP contribution in [-0.2, 0) is 10.2 Å². The zero-order valence-electron chi connectivity index (χ0n) is 18.9. The van der Waals surface area contributed by atoms with E-state index in [1.807, 2.05) is 62.6 Å². The maximum atomic E-state index is 13.4. The number of halogens is 1. The van der Waals surface area contributed by atoms with E-state index in [0.29, 0.717) is 16.7 Å². The van der Waals surface area contributed by atoms with Crippen molar-refractivity contribution in [3.63, 3.8) is 0 Å². The van der Waals surface area contributed by atoms with Crippen LogP contribution in [0, 0.1) is 12.7 Å². The van der Waals surface area contributed by atoms with E-state index < -0.39 is 0 Å². The van der Waals surface area contributed by atoms with Gasteiger partial charge in [0.25, 0.3) is 0 Å². The van der Waals surface area contributed by atoms with Crippen molar-refractivity contribution < 1.29 is 9.18 Å². The third-order valence-corrected chi connectivity index (χ3v) is 5.92. The molecule has 0 atom stereocenters. The van der Waals surface area contributed by atoms with Crippen LogP contribution >= 0.6 is 11.8 Å². The topological polar surface area (TPSA) is 77.6 Å². The number of nitrogens with zero attached hydrogens (tertiary/aromatic N) is 5. The molecule has 7 nitrogen and oxygen atoms in total. The average molecular weight is 465 g/mol. The number of carbonyl (C=O) groups is 1. The highest BCUT2D eigenvalue weighted by Crippen LogP contribution is 2.27. The maximum Gasteiger partial charge on any atom is 0.236 e. The molecule has 4 rings (SSSR count). The van der Waals surface area contributed by atoms with E-state index >= 15 is 0 Å². The number of nitrogens with one attached hydrogen (secondary N) is 1. The number of rotatable bonds is 6. The molecule has 0 aliphatic heterocycles. The molecule has 0 spiro atoms. The van der Waals surface area contributed by atoms with Gasteiger partial charge in [-0.05, 0) is 43.3 Å². The molecule has 0 aliphatic rings. The number of aromatic nitrogens is 5. The first-order valence-electron chi connectivity index (χ1n) is 10.5. The largest absolute Gasteiger partial charge is 0.310 e. The first-order chi connectivity index (χ1) is 15.7. The Bertz CT molecular complexity index is 1260. The Morgan fingerprint density at radius 2 is 1.73 bits per heavy atom. The van der Waals surface area contributed by atoms with Crippen LogP contribution in [0.15, 0.2) is 66.1 Å². The zero-order valence-corrected chi connectivity index (χ0v) is 19.7. The lowest BCUT2D eigenvalue weighted by Crippen LogP contribution is -2.17. The molecule has 1 N–H and O–H groups in total. The third kappa shape index (κ3) is 5.31. The summed E-state index contributed by atoms with van der Waals surface area (Å²) < 4.78 is 16.9. The number of thioether (sulfide) groups is 1. The fourth-order valence-electron chi connectivity index (χ4n) is 3.13. The number of benzene rings is 2. The summed E-state index contributed by atoms with van der Waals surface area (Å²) in [5, 5.41) is 16.3. The van der Waals surface area contributed by atoms with Gasteiger partial charge >= 0.3 is 0 Å². The van der Waals surface area contributed by atoms with Gasteiger partial charge in [-0.15, -0.1) is 10.2 Å². The van der Waals surface area contributed by atoms with Crippen molar-refractivity contribution in [1.82, 2.24) is 24.5 Å². The molecule has 4 aromatic rings. The minimum Gasteiger partial charge on any atom is -0.310 e. The van der Waals surface area contributed by atoms with E-state index in [0.717, 1.165) is 16.9 Å². The lowest BCUT2D eigenvalue weighted by Gasteiger charge is -2.14.